The third-order valence-corrected chi connectivity index (χ3v) is 2.29. The van der Waals surface area contributed by atoms with Crippen LogP contribution in [0, 0.1) is 5.82 Å². The number of carbonyl (C=O) groups excluding carboxylic acids is 1. The van der Waals surface area contributed by atoms with Crippen LogP contribution in [0.3, 0.4) is 0 Å². The fourth-order valence-corrected chi connectivity index (χ4v) is 1.62. The fraction of sp³-hybridized carbons (Fsp3) is 0.182. The van der Waals surface area contributed by atoms with E-state index in [0.29, 0.717) is 16.5 Å². The molecule has 2 rings (SSSR count). The van der Waals surface area contributed by atoms with Crippen molar-refractivity contribution in [3.05, 3.63) is 35.8 Å². The van der Waals surface area contributed by atoms with Gasteiger partial charge >= 0.3 is 0 Å². The number of ketones is 1. The number of hydrogen-bond acceptors (Lipinski definition) is 2. The van der Waals surface area contributed by atoms with E-state index < -0.39 is 0 Å². The van der Waals surface area contributed by atoms with Crippen molar-refractivity contribution in [2.24, 2.45) is 0 Å². The average molecular weight is 206 g/mol. The summed E-state index contributed by atoms with van der Waals surface area (Å²) < 4.78 is 13.5. The highest BCUT2D eigenvalue weighted by Crippen LogP contribution is 2.21. The van der Waals surface area contributed by atoms with E-state index in [-0.39, 0.29) is 18.1 Å². The molecule has 4 heteroatoms. The van der Waals surface area contributed by atoms with Crippen molar-refractivity contribution in [3.63, 3.8) is 0 Å². The van der Waals surface area contributed by atoms with Crippen molar-refractivity contribution in [1.82, 2.24) is 10.3 Å². The highest BCUT2D eigenvalue weighted by molar-refractivity contribution is 6.08. The minimum absolute atomic E-state index is 0.117. The zero-order valence-corrected chi connectivity index (χ0v) is 8.30. The van der Waals surface area contributed by atoms with Gasteiger partial charge in [0, 0.05) is 22.7 Å². The molecule has 0 spiro atoms. The van der Waals surface area contributed by atoms with E-state index in [1.54, 1.807) is 25.4 Å². The highest BCUT2D eigenvalue weighted by Gasteiger charge is 2.13. The molecule has 0 saturated heterocycles. The number of benzene rings is 1. The second kappa shape index (κ2) is 3.82. The van der Waals surface area contributed by atoms with Crippen LogP contribution in [0.15, 0.2) is 24.4 Å². The molecule has 15 heavy (non-hydrogen) atoms. The summed E-state index contributed by atoms with van der Waals surface area (Å²) >= 11 is 0. The predicted molar refractivity (Wildman–Crippen MR) is 56.5 cm³/mol. The maximum absolute atomic E-state index is 13.5. The Morgan fingerprint density at radius 2 is 2.33 bits per heavy atom. The zero-order chi connectivity index (χ0) is 10.8. The van der Waals surface area contributed by atoms with Gasteiger partial charge in [-0.15, -0.1) is 0 Å². The minimum atomic E-state index is -0.367. The number of hydrogen-bond donors (Lipinski definition) is 2. The molecule has 0 amide bonds. The van der Waals surface area contributed by atoms with Crippen LogP contribution in [0.1, 0.15) is 10.4 Å². The summed E-state index contributed by atoms with van der Waals surface area (Å²) in [5.74, 6) is -0.484. The van der Waals surface area contributed by atoms with Crippen LogP contribution in [0.2, 0.25) is 0 Å². The molecule has 0 unspecified atom stereocenters. The number of Topliss-reactive ketones (excluding diaryl/α,β-unsaturated/α-hetero) is 1. The third-order valence-electron chi connectivity index (χ3n) is 2.29. The van der Waals surface area contributed by atoms with Crippen LogP contribution in [-0.4, -0.2) is 24.4 Å². The smallest absolute Gasteiger partial charge is 0.178 e. The lowest BCUT2D eigenvalue weighted by Crippen LogP contribution is -2.18. The van der Waals surface area contributed by atoms with E-state index in [0.717, 1.165) is 0 Å². The zero-order valence-electron chi connectivity index (χ0n) is 8.30. The summed E-state index contributed by atoms with van der Waals surface area (Å²) in [7, 11) is 1.68. The van der Waals surface area contributed by atoms with Crippen molar-refractivity contribution in [1.29, 1.82) is 0 Å². The molecular formula is C11H11FN2O. The summed E-state index contributed by atoms with van der Waals surface area (Å²) in [6.07, 6.45) is 1.55. The number of aromatic amines is 1. The molecule has 1 heterocycles. The van der Waals surface area contributed by atoms with Crippen molar-refractivity contribution >= 4 is 16.7 Å². The van der Waals surface area contributed by atoms with Gasteiger partial charge in [-0.05, 0) is 19.2 Å². The molecule has 0 fully saturated rings. The maximum Gasteiger partial charge on any atom is 0.178 e. The van der Waals surface area contributed by atoms with Crippen molar-refractivity contribution in [3.8, 4) is 0 Å². The monoisotopic (exact) mass is 206 g/mol. The molecule has 0 aliphatic carbocycles. The largest absolute Gasteiger partial charge is 0.360 e. The molecule has 0 aliphatic rings. The molecule has 0 saturated carbocycles. The lowest BCUT2D eigenvalue weighted by molar-refractivity contribution is 0.0995. The lowest BCUT2D eigenvalue weighted by Gasteiger charge is -1.98. The molecular weight excluding hydrogens is 195 g/mol. The number of H-pyrrole nitrogens is 1. The maximum atomic E-state index is 13.5. The van der Waals surface area contributed by atoms with Gasteiger partial charge in [-0.2, -0.15) is 0 Å². The van der Waals surface area contributed by atoms with Crippen LogP contribution in [-0.2, 0) is 0 Å². The SMILES string of the molecule is CNCC(=O)c1c[nH]c2cccc(F)c12. The molecule has 0 aliphatic heterocycles. The van der Waals surface area contributed by atoms with Gasteiger partial charge in [0.25, 0.3) is 0 Å². The Labute approximate surface area is 86.3 Å². The van der Waals surface area contributed by atoms with Gasteiger partial charge in [-0.1, -0.05) is 6.07 Å². The van der Waals surface area contributed by atoms with E-state index >= 15 is 0 Å². The Hall–Kier alpha value is -1.68. The summed E-state index contributed by atoms with van der Waals surface area (Å²) in [5, 5.41) is 3.13. The van der Waals surface area contributed by atoms with Crippen LogP contribution in [0.4, 0.5) is 4.39 Å². The first kappa shape index (κ1) is 9.86. The minimum Gasteiger partial charge on any atom is -0.360 e. The lowest BCUT2D eigenvalue weighted by atomic mass is 10.1. The number of aromatic nitrogens is 1. The Bertz CT molecular complexity index is 504. The molecule has 0 bridgehead atoms. The summed E-state index contributed by atoms with van der Waals surface area (Å²) in [6, 6.07) is 4.71. The standard InChI is InChI=1S/C11H11FN2O/c1-13-6-10(15)7-5-14-9-4-2-3-8(12)11(7)9/h2-5,13-14H,6H2,1H3. The Morgan fingerprint density at radius 3 is 3.07 bits per heavy atom. The van der Waals surface area contributed by atoms with Crippen molar-refractivity contribution < 1.29 is 9.18 Å². The van der Waals surface area contributed by atoms with Gasteiger partial charge in [0.1, 0.15) is 5.82 Å². The predicted octanol–water partition coefficient (Wildman–Crippen LogP) is 1.71. The highest BCUT2D eigenvalue weighted by atomic mass is 19.1. The normalized spacial score (nSPS) is 10.8. The summed E-state index contributed by atoms with van der Waals surface area (Å²) in [4.78, 5) is 14.5. The van der Waals surface area contributed by atoms with Gasteiger partial charge < -0.3 is 10.3 Å². The summed E-state index contributed by atoms with van der Waals surface area (Å²) in [6.45, 7) is 0.210. The van der Waals surface area contributed by atoms with Gasteiger partial charge in [0.05, 0.1) is 6.54 Å². The topological polar surface area (TPSA) is 44.9 Å². The van der Waals surface area contributed by atoms with E-state index in [1.807, 2.05) is 0 Å². The first-order valence-corrected chi connectivity index (χ1v) is 4.67. The van der Waals surface area contributed by atoms with E-state index in [1.165, 1.54) is 6.07 Å². The second-order valence-corrected chi connectivity index (χ2v) is 3.32. The molecule has 2 N–H and O–H groups in total. The van der Waals surface area contributed by atoms with Crippen molar-refractivity contribution in [2.75, 3.05) is 13.6 Å². The number of halogens is 1. The van der Waals surface area contributed by atoms with Crippen LogP contribution in [0.5, 0.6) is 0 Å². The number of likely N-dealkylation sites (N-methyl/N-ethyl adjacent to an activating group) is 1. The molecule has 78 valence electrons. The van der Waals surface area contributed by atoms with E-state index in [9.17, 15) is 9.18 Å². The Morgan fingerprint density at radius 1 is 1.53 bits per heavy atom. The van der Waals surface area contributed by atoms with E-state index in [2.05, 4.69) is 10.3 Å². The molecule has 2 aromatic rings. The Kier molecular flexibility index (Phi) is 2.51. The van der Waals surface area contributed by atoms with Gasteiger partial charge in [-0.3, -0.25) is 4.79 Å². The number of carbonyl (C=O) groups is 1. The fourth-order valence-electron chi connectivity index (χ4n) is 1.62. The first-order chi connectivity index (χ1) is 7.24. The Balaban J connectivity index is 2.57. The molecule has 1 aromatic heterocycles. The number of rotatable bonds is 3. The van der Waals surface area contributed by atoms with Gasteiger partial charge in [-0.25, -0.2) is 4.39 Å². The molecule has 3 nitrogen and oxygen atoms in total. The first-order valence-electron chi connectivity index (χ1n) is 4.67. The van der Waals surface area contributed by atoms with Crippen LogP contribution in [0.25, 0.3) is 10.9 Å². The quantitative estimate of drug-likeness (QED) is 0.751. The molecule has 0 radical (unpaired) electrons. The third kappa shape index (κ3) is 1.64. The van der Waals surface area contributed by atoms with Crippen LogP contribution < -0.4 is 5.32 Å². The van der Waals surface area contributed by atoms with Crippen LogP contribution >= 0.6 is 0 Å². The van der Waals surface area contributed by atoms with Gasteiger partial charge in [0.2, 0.25) is 0 Å². The van der Waals surface area contributed by atoms with Crippen molar-refractivity contribution in [2.45, 2.75) is 0 Å². The second-order valence-electron chi connectivity index (χ2n) is 3.32. The summed E-state index contributed by atoms with van der Waals surface area (Å²) in [5.41, 5.74) is 1.05. The number of fused-ring (bicyclic) bond motifs is 1. The average Bonchev–Trinajstić information content (AvgIpc) is 2.63. The number of nitrogens with one attached hydrogen (secondary N) is 2. The molecule has 0 atom stereocenters. The molecule has 1 aromatic carbocycles. The van der Waals surface area contributed by atoms with E-state index in [4.69, 9.17) is 0 Å². The van der Waals surface area contributed by atoms with Gasteiger partial charge in [0.15, 0.2) is 5.78 Å².